The van der Waals surface area contributed by atoms with Crippen molar-refractivity contribution in [3.63, 3.8) is 0 Å². The first-order valence-corrected chi connectivity index (χ1v) is 6.27. The minimum Gasteiger partial charge on any atom is -0.409 e. The summed E-state index contributed by atoms with van der Waals surface area (Å²) in [5.74, 6) is -0.415. The van der Waals surface area contributed by atoms with E-state index in [-0.39, 0.29) is 30.4 Å². The molecule has 1 aromatic rings. The molecule has 0 aliphatic rings. The molecule has 0 amide bonds. The minimum absolute atomic E-state index is 0.0731. The van der Waals surface area contributed by atoms with Crippen molar-refractivity contribution in [1.29, 1.82) is 0 Å². The Hall–Kier alpha value is -2.03. The molecule has 6 nitrogen and oxygen atoms in total. The fraction of sp³-hybridized carbons (Fsp3) is 0.500. The highest BCUT2D eigenvalue weighted by Crippen LogP contribution is 2.30. The highest BCUT2D eigenvalue weighted by Gasteiger charge is 2.34. The highest BCUT2D eigenvalue weighted by molar-refractivity contribution is 6.01. The number of hydrogen-bond acceptors (Lipinski definition) is 5. The van der Waals surface area contributed by atoms with Gasteiger partial charge in [-0.3, -0.25) is 0 Å². The number of aliphatic hydroxyl groups is 1. The number of aliphatic hydroxyl groups excluding tert-OH is 1. The van der Waals surface area contributed by atoms with Crippen molar-refractivity contribution in [3.8, 4) is 0 Å². The second-order valence-electron chi connectivity index (χ2n) is 4.26. The summed E-state index contributed by atoms with van der Waals surface area (Å²) in [5.41, 5.74) is 4.47. The SMILES string of the molecule is CCCN(CCO)c1nc(C(F)(F)F)ccc1C(N)=NO. The minimum atomic E-state index is -4.60. The standard InChI is InChI=1S/C12H17F3N4O2/c1-2-5-19(6-7-20)11-8(10(16)18-21)3-4-9(17-11)12(13,14)15/h3-4,20-21H,2,5-7H2,1H3,(H2,16,18). The molecule has 1 rings (SSSR count). The van der Waals surface area contributed by atoms with E-state index in [0.29, 0.717) is 13.0 Å². The van der Waals surface area contributed by atoms with Crippen LogP contribution in [0.25, 0.3) is 0 Å². The molecule has 0 saturated heterocycles. The largest absolute Gasteiger partial charge is 0.433 e. The number of anilines is 1. The molecule has 0 aliphatic heterocycles. The number of hydrogen-bond donors (Lipinski definition) is 3. The third-order valence-corrected chi connectivity index (χ3v) is 2.71. The quantitative estimate of drug-likeness (QED) is 0.320. The summed E-state index contributed by atoms with van der Waals surface area (Å²) in [4.78, 5) is 5.03. The lowest BCUT2D eigenvalue weighted by atomic mass is 10.2. The van der Waals surface area contributed by atoms with Gasteiger partial charge in [-0.2, -0.15) is 13.2 Å². The van der Waals surface area contributed by atoms with Crippen molar-refractivity contribution < 1.29 is 23.5 Å². The maximum absolute atomic E-state index is 12.8. The average Bonchev–Trinajstić information content (AvgIpc) is 2.44. The summed E-state index contributed by atoms with van der Waals surface area (Å²) in [6.45, 7) is 2.04. The van der Waals surface area contributed by atoms with Gasteiger partial charge in [-0.25, -0.2) is 4.98 Å². The lowest BCUT2D eigenvalue weighted by Gasteiger charge is -2.25. The number of alkyl halides is 3. The van der Waals surface area contributed by atoms with Crippen LogP contribution in [0.15, 0.2) is 17.3 Å². The molecule has 0 spiro atoms. The van der Waals surface area contributed by atoms with Crippen molar-refractivity contribution in [2.24, 2.45) is 10.9 Å². The Morgan fingerprint density at radius 2 is 2.05 bits per heavy atom. The molecule has 0 radical (unpaired) electrons. The smallest absolute Gasteiger partial charge is 0.409 e. The Kier molecular flexibility index (Phi) is 5.77. The van der Waals surface area contributed by atoms with Crippen LogP contribution in [0.4, 0.5) is 19.0 Å². The van der Waals surface area contributed by atoms with Gasteiger partial charge in [-0.15, -0.1) is 0 Å². The second-order valence-corrected chi connectivity index (χ2v) is 4.26. The van der Waals surface area contributed by atoms with Crippen LogP contribution in [0, 0.1) is 0 Å². The first-order chi connectivity index (χ1) is 9.85. The number of rotatable bonds is 6. The molecular formula is C12H17F3N4O2. The Morgan fingerprint density at radius 3 is 2.52 bits per heavy atom. The van der Waals surface area contributed by atoms with E-state index in [1.807, 2.05) is 6.92 Å². The highest BCUT2D eigenvalue weighted by atomic mass is 19.4. The predicted molar refractivity (Wildman–Crippen MR) is 71.3 cm³/mol. The third-order valence-electron chi connectivity index (χ3n) is 2.71. The molecular weight excluding hydrogens is 289 g/mol. The van der Waals surface area contributed by atoms with Gasteiger partial charge in [0.25, 0.3) is 0 Å². The lowest BCUT2D eigenvalue weighted by Crippen LogP contribution is -2.32. The molecule has 0 saturated carbocycles. The van der Waals surface area contributed by atoms with Gasteiger partial charge in [0, 0.05) is 13.1 Å². The molecule has 0 unspecified atom stereocenters. The third kappa shape index (κ3) is 4.22. The zero-order valence-corrected chi connectivity index (χ0v) is 11.4. The van der Waals surface area contributed by atoms with Crippen LogP contribution in [-0.2, 0) is 6.18 Å². The second kappa shape index (κ2) is 7.11. The Morgan fingerprint density at radius 1 is 1.38 bits per heavy atom. The summed E-state index contributed by atoms with van der Waals surface area (Å²) in [7, 11) is 0. The van der Waals surface area contributed by atoms with Crippen LogP contribution in [0.3, 0.4) is 0 Å². The summed E-state index contributed by atoms with van der Waals surface area (Å²) in [6.07, 6.45) is -3.97. The molecule has 1 aromatic heterocycles. The number of pyridine rings is 1. The van der Waals surface area contributed by atoms with Gasteiger partial charge in [0.15, 0.2) is 5.84 Å². The Balaban J connectivity index is 3.40. The van der Waals surface area contributed by atoms with E-state index in [9.17, 15) is 13.2 Å². The van der Waals surface area contributed by atoms with Crippen LogP contribution in [0.1, 0.15) is 24.6 Å². The van der Waals surface area contributed by atoms with Gasteiger partial charge in [-0.05, 0) is 18.6 Å². The van der Waals surface area contributed by atoms with Gasteiger partial charge in [0.05, 0.1) is 12.2 Å². The molecule has 21 heavy (non-hydrogen) atoms. The van der Waals surface area contributed by atoms with Crippen molar-refractivity contribution in [3.05, 3.63) is 23.4 Å². The summed E-state index contributed by atoms with van der Waals surface area (Å²) < 4.78 is 38.3. The fourth-order valence-electron chi connectivity index (χ4n) is 1.82. The molecule has 0 fully saturated rings. The van der Waals surface area contributed by atoms with Crippen molar-refractivity contribution >= 4 is 11.7 Å². The zero-order chi connectivity index (χ0) is 16.0. The molecule has 118 valence electrons. The van der Waals surface area contributed by atoms with Gasteiger partial charge in [0.2, 0.25) is 0 Å². The summed E-state index contributed by atoms with van der Waals surface area (Å²) in [5, 5.41) is 20.6. The fourth-order valence-corrected chi connectivity index (χ4v) is 1.82. The van der Waals surface area contributed by atoms with E-state index in [4.69, 9.17) is 16.0 Å². The lowest BCUT2D eigenvalue weighted by molar-refractivity contribution is -0.141. The van der Waals surface area contributed by atoms with E-state index >= 15 is 0 Å². The molecule has 1 heterocycles. The normalized spacial score (nSPS) is 12.5. The van der Waals surface area contributed by atoms with E-state index in [0.717, 1.165) is 12.1 Å². The van der Waals surface area contributed by atoms with Gasteiger partial charge < -0.3 is 20.9 Å². The van der Waals surface area contributed by atoms with Crippen LogP contribution in [0.5, 0.6) is 0 Å². The Labute approximate surface area is 119 Å². The molecule has 9 heteroatoms. The van der Waals surface area contributed by atoms with Crippen LogP contribution in [-0.4, -0.2) is 40.8 Å². The van der Waals surface area contributed by atoms with Gasteiger partial charge in [-0.1, -0.05) is 12.1 Å². The number of amidine groups is 1. The summed E-state index contributed by atoms with van der Waals surface area (Å²) >= 11 is 0. The molecule has 0 bridgehead atoms. The van der Waals surface area contributed by atoms with Crippen LogP contribution in [0.2, 0.25) is 0 Å². The van der Waals surface area contributed by atoms with Gasteiger partial charge in [0.1, 0.15) is 11.5 Å². The zero-order valence-electron chi connectivity index (χ0n) is 11.4. The summed E-state index contributed by atoms with van der Waals surface area (Å²) in [6, 6.07) is 1.86. The monoisotopic (exact) mass is 306 g/mol. The molecule has 4 N–H and O–H groups in total. The number of nitrogens with zero attached hydrogens (tertiary/aromatic N) is 3. The predicted octanol–water partition coefficient (Wildman–Crippen LogP) is 1.40. The number of aromatic nitrogens is 1. The molecule has 0 aromatic carbocycles. The first-order valence-electron chi connectivity index (χ1n) is 6.27. The molecule has 0 atom stereocenters. The van der Waals surface area contributed by atoms with E-state index < -0.39 is 11.9 Å². The van der Waals surface area contributed by atoms with E-state index in [1.165, 1.54) is 4.90 Å². The van der Waals surface area contributed by atoms with Crippen LogP contribution < -0.4 is 10.6 Å². The van der Waals surface area contributed by atoms with E-state index in [2.05, 4.69) is 10.1 Å². The Bertz CT molecular complexity index is 500. The van der Waals surface area contributed by atoms with Crippen LogP contribution >= 0.6 is 0 Å². The topological polar surface area (TPSA) is 95.0 Å². The average molecular weight is 306 g/mol. The van der Waals surface area contributed by atoms with Crippen molar-refractivity contribution in [2.45, 2.75) is 19.5 Å². The maximum atomic E-state index is 12.8. The van der Waals surface area contributed by atoms with Crippen molar-refractivity contribution in [2.75, 3.05) is 24.6 Å². The number of nitrogens with two attached hydrogens (primary N) is 1. The van der Waals surface area contributed by atoms with Gasteiger partial charge >= 0.3 is 6.18 Å². The first kappa shape index (κ1) is 17.0. The number of oxime groups is 1. The van der Waals surface area contributed by atoms with Crippen molar-refractivity contribution in [1.82, 2.24) is 4.98 Å². The van der Waals surface area contributed by atoms with E-state index in [1.54, 1.807) is 0 Å². The number of halogens is 3. The maximum Gasteiger partial charge on any atom is 0.433 e. The molecule has 0 aliphatic carbocycles.